The third-order valence-electron chi connectivity index (χ3n) is 5.27. The van der Waals surface area contributed by atoms with Gasteiger partial charge in [0.25, 0.3) is 0 Å². The predicted octanol–water partition coefficient (Wildman–Crippen LogP) is 4.81. The zero-order valence-corrected chi connectivity index (χ0v) is 18.2. The van der Waals surface area contributed by atoms with Crippen LogP contribution in [0.3, 0.4) is 0 Å². The Kier molecular flexibility index (Phi) is 9.05. The maximum atomic E-state index is 12.3. The summed E-state index contributed by atoms with van der Waals surface area (Å²) in [5, 5.41) is 8.99. The number of unbranched alkanes of at least 4 members (excludes halogenated alkanes) is 2. The molecule has 1 aromatic heterocycles. The summed E-state index contributed by atoms with van der Waals surface area (Å²) in [5.41, 5.74) is 2.48. The first-order chi connectivity index (χ1) is 15.6. The van der Waals surface area contributed by atoms with Crippen LogP contribution >= 0.6 is 0 Å². The molecule has 0 saturated heterocycles. The number of nitrogens with zero attached hydrogens (tertiary/aromatic N) is 1. The van der Waals surface area contributed by atoms with Crippen LogP contribution in [-0.4, -0.2) is 35.6 Å². The van der Waals surface area contributed by atoms with Crippen LogP contribution in [0.25, 0.3) is 0 Å². The molecule has 0 radical (unpaired) electrons. The lowest BCUT2D eigenvalue weighted by Crippen LogP contribution is -2.14. The Labute approximate surface area is 189 Å². The van der Waals surface area contributed by atoms with E-state index in [4.69, 9.17) is 9.84 Å². The zero-order valence-electron chi connectivity index (χ0n) is 18.2. The molecule has 0 aliphatic rings. The topological polar surface area (TPSA) is 76.5 Å². The summed E-state index contributed by atoms with van der Waals surface area (Å²) in [7, 11) is 0.331. The van der Waals surface area contributed by atoms with E-state index in [9.17, 15) is 9.59 Å². The zero-order chi connectivity index (χ0) is 22.6. The van der Waals surface area contributed by atoms with Gasteiger partial charge >= 0.3 is 5.97 Å². The molecule has 0 atom stereocenters. The van der Waals surface area contributed by atoms with Gasteiger partial charge in [-0.1, -0.05) is 54.9 Å². The van der Waals surface area contributed by atoms with Crippen molar-refractivity contribution in [3.63, 3.8) is 0 Å². The number of aromatic carboxylic acids is 1. The van der Waals surface area contributed by atoms with E-state index >= 15 is 0 Å². The molecule has 1 heterocycles. The molecule has 3 rings (SSSR count). The smallest absolute Gasteiger partial charge is 0.354 e. The van der Waals surface area contributed by atoms with Crippen LogP contribution in [0.5, 0.6) is 5.75 Å². The minimum absolute atomic E-state index is 0.109. The summed E-state index contributed by atoms with van der Waals surface area (Å²) in [6.45, 7) is 0.713. The van der Waals surface area contributed by atoms with Crippen molar-refractivity contribution in [2.24, 2.45) is 0 Å². The molecule has 0 saturated carbocycles. The van der Waals surface area contributed by atoms with Crippen LogP contribution in [0.15, 0.2) is 72.8 Å². The Bertz CT molecular complexity index is 1010. The standard InChI is InChI=1S/C26H28BNO4/c29-25(23-11-7-12-24(28-23)26(30)31)27-18-17-21-13-15-22(16-14-21)32-19-6-2-5-10-20-8-3-1-4-9-20/h1,3-4,7-9,11-16,27H,2,5-6,10,17-19H2,(H,30,31). The Balaban J connectivity index is 1.32. The van der Waals surface area contributed by atoms with E-state index in [1.807, 2.05) is 30.3 Å². The monoisotopic (exact) mass is 429 g/mol. The van der Waals surface area contributed by atoms with E-state index in [-0.39, 0.29) is 17.1 Å². The SMILES string of the molecule is O=C(O)c1cccc(C(=O)BCCc2ccc(OCCCCCc3ccccc3)cc2)n1. The van der Waals surface area contributed by atoms with E-state index in [1.54, 1.807) is 12.1 Å². The average Bonchev–Trinajstić information content (AvgIpc) is 2.83. The van der Waals surface area contributed by atoms with E-state index in [1.165, 1.54) is 18.1 Å². The molecule has 0 unspecified atom stereocenters. The third-order valence-corrected chi connectivity index (χ3v) is 5.27. The maximum Gasteiger partial charge on any atom is 0.354 e. The highest BCUT2D eigenvalue weighted by molar-refractivity contribution is 6.77. The van der Waals surface area contributed by atoms with Crippen LogP contribution in [0.4, 0.5) is 0 Å². The summed E-state index contributed by atoms with van der Waals surface area (Å²) in [6, 6.07) is 23.0. The molecule has 0 aliphatic heterocycles. The van der Waals surface area contributed by atoms with Crippen LogP contribution < -0.4 is 4.74 Å². The van der Waals surface area contributed by atoms with Crippen molar-refractivity contribution in [3.05, 3.63) is 95.3 Å². The molecule has 32 heavy (non-hydrogen) atoms. The quantitative estimate of drug-likeness (QED) is 0.312. The number of aryl methyl sites for hydroxylation is 2. The number of carboxylic acids is 1. The van der Waals surface area contributed by atoms with Crippen molar-refractivity contribution in [2.75, 3.05) is 6.61 Å². The van der Waals surface area contributed by atoms with Crippen LogP contribution in [-0.2, 0) is 12.8 Å². The van der Waals surface area contributed by atoms with Crippen LogP contribution in [0.2, 0.25) is 6.32 Å². The van der Waals surface area contributed by atoms with Crippen molar-refractivity contribution in [2.45, 2.75) is 38.4 Å². The van der Waals surface area contributed by atoms with Gasteiger partial charge in [0.05, 0.1) is 12.3 Å². The molecule has 3 aromatic rings. The molecule has 6 heteroatoms. The summed E-state index contributed by atoms with van der Waals surface area (Å²) in [5.74, 6) is -0.267. The Hall–Kier alpha value is -3.41. The number of aromatic nitrogens is 1. The number of carbonyl (C=O) groups is 2. The molecular weight excluding hydrogens is 401 g/mol. The molecule has 0 aliphatic carbocycles. The lowest BCUT2D eigenvalue weighted by Gasteiger charge is -2.07. The van der Waals surface area contributed by atoms with Gasteiger partial charge in [-0.2, -0.15) is 0 Å². The van der Waals surface area contributed by atoms with E-state index in [2.05, 4.69) is 29.2 Å². The van der Waals surface area contributed by atoms with Gasteiger partial charge in [-0.05, 0) is 67.5 Å². The lowest BCUT2D eigenvalue weighted by atomic mass is 9.67. The second-order valence-electron chi connectivity index (χ2n) is 7.78. The molecule has 5 nitrogen and oxygen atoms in total. The van der Waals surface area contributed by atoms with Gasteiger partial charge < -0.3 is 14.6 Å². The Morgan fingerprint density at radius 3 is 2.25 bits per heavy atom. The number of ether oxygens (including phenoxy) is 1. The number of rotatable bonds is 13. The van der Waals surface area contributed by atoms with Gasteiger partial charge in [-0.25, -0.2) is 9.78 Å². The molecule has 0 fully saturated rings. The van der Waals surface area contributed by atoms with Gasteiger partial charge in [0.15, 0.2) is 0 Å². The summed E-state index contributed by atoms with van der Waals surface area (Å²) < 4.78 is 5.83. The molecule has 0 spiro atoms. The molecule has 164 valence electrons. The summed E-state index contributed by atoms with van der Waals surface area (Å²) >= 11 is 0. The van der Waals surface area contributed by atoms with E-state index in [0.29, 0.717) is 20.2 Å². The highest BCUT2D eigenvalue weighted by Gasteiger charge is 2.12. The van der Waals surface area contributed by atoms with E-state index in [0.717, 1.165) is 37.0 Å². The van der Waals surface area contributed by atoms with Crippen molar-refractivity contribution < 1.29 is 19.4 Å². The van der Waals surface area contributed by atoms with Crippen LogP contribution in [0.1, 0.15) is 51.4 Å². The number of hydrogen-bond donors (Lipinski definition) is 1. The molecule has 2 aromatic carbocycles. The maximum absolute atomic E-state index is 12.3. The molecular formula is C26H28BNO4. The molecule has 0 bridgehead atoms. The number of pyridine rings is 1. The van der Waals surface area contributed by atoms with Crippen molar-refractivity contribution >= 4 is 18.9 Å². The fraction of sp³-hybridized carbons (Fsp3) is 0.269. The molecule has 1 N–H and O–H groups in total. The average molecular weight is 429 g/mol. The van der Waals surface area contributed by atoms with Gasteiger partial charge in [-0.15, -0.1) is 0 Å². The largest absolute Gasteiger partial charge is 0.494 e. The highest BCUT2D eigenvalue weighted by atomic mass is 16.5. The van der Waals surface area contributed by atoms with E-state index < -0.39 is 5.97 Å². The van der Waals surface area contributed by atoms with Crippen molar-refractivity contribution in [3.8, 4) is 5.75 Å². The Morgan fingerprint density at radius 1 is 0.781 bits per heavy atom. The summed E-state index contributed by atoms with van der Waals surface area (Å²) in [6.07, 6.45) is 5.91. The summed E-state index contributed by atoms with van der Waals surface area (Å²) in [4.78, 5) is 27.2. The normalized spacial score (nSPS) is 10.5. The van der Waals surface area contributed by atoms with Crippen molar-refractivity contribution in [1.82, 2.24) is 4.98 Å². The first kappa shape index (κ1) is 23.3. The van der Waals surface area contributed by atoms with Crippen molar-refractivity contribution in [1.29, 1.82) is 0 Å². The number of carboxylic acid groups (broad SMARTS) is 1. The van der Waals surface area contributed by atoms with Gasteiger partial charge in [-0.3, -0.25) is 0 Å². The minimum Gasteiger partial charge on any atom is -0.494 e. The van der Waals surface area contributed by atoms with Gasteiger partial charge in [0.2, 0.25) is 7.28 Å². The first-order valence-electron chi connectivity index (χ1n) is 11.1. The highest BCUT2D eigenvalue weighted by Crippen LogP contribution is 2.15. The second kappa shape index (κ2) is 12.4. The predicted molar refractivity (Wildman–Crippen MR) is 127 cm³/mol. The third kappa shape index (κ3) is 7.69. The minimum atomic E-state index is -1.13. The first-order valence-corrected chi connectivity index (χ1v) is 11.1. The number of carbonyl (C=O) groups excluding carboxylic acids is 1. The fourth-order valence-electron chi connectivity index (χ4n) is 3.49. The number of hydrogen-bond acceptors (Lipinski definition) is 4. The fourth-order valence-corrected chi connectivity index (χ4v) is 3.49. The molecule has 0 amide bonds. The van der Waals surface area contributed by atoms with Gasteiger partial charge in [0, 0.05) is 0 Å². The second-order valence-corrected chi connectivity index (χ2v) is 7.78. The van der Waals surface area contributed by atoms with Crippen LogP contribution in [0, 0.1) is 0 Å². The Morgan fingerprint density at radius 2 is 1.50 bits per heavy atom. The van der Waals surface area contributed by atoms with Gasteiger partial charge in [0.1, 0.15) is 17.1 Å². The number of benzene rings is 2. The lowest BCUT2D eigenvalue weighted by molar-refractivity contribution is 0.0690.